The summed E-state index contributed by atoms with van der Waals surface area (Å²) in [6.45, 7) is 6.69. The van der Waals surface area contributed by atoms with Gasteiger partial charge in [-0.05, 0) is 49.4 Å². The first-order valence-electron chi connectivity index (χ1n) is 11.2. The Hall–Kier alpha value is -3.00. The van der Waals surface area contributed by atoms with Gasteiger partial charge in [0.05, 0.1) is 13.7 Å². The van der Waals surface area contributed by atoms with Crippen LogP contribution in [0.3, 0.4) is 0 Å². The topological polar surface area (TPSA) is 82.0 Å². The second-order valence-electron chi connectivity index (χ2n) is 7.95. The predicted molar refractivity (Wildman–Crippen MR) is 134 cm³/mol. The maximum Gasteiger partial charge on any atom is 0.291 e. The molecule has 34 heavy (non-hydrogen) atoms. The number of furan rings is 1. The molecule has 2 aromatic carbocycles. The summed E-state index contributed by atoms with van der Waals surface area (Å²) in [6.07, 6.45) is 0.944. The molecule has 3 rings (SSSR count). The average molecular weight is 487 g/mol. The lowest BCUT2D eigenvalue weighted by molar-refractivity contribution is 0.0979. The smallest absolute Gasteiger partial charge is 0.291 e. The number of amides is 1. The van der Waals surface area contributed by atoms with Crippen molar-refractivity contribution in [1.82, 2.24) is 5.32 Å². The quantitative estimate of drug-likeness (QED) is 0.304. The third-order valence-electron chi connectivity index (χ3n) is 4.85. The van der Waals surface area contributed by atoms with Crippen LogP contribution in [0.15, 0.2) is 59.0 Å². The average Bonchev–Trinajstić information content (AvgIpc) is 3.31. The summed E-state index contributed by atoms with van der Waals surface area (Å²) in [4.78, 5) is 12.7. The van der Waals surface area contributed by atoms with E-state index in [9.17, 15) is 4.79 Å². The Morgan fingerprint density at radius 2 is 1.76 bits per heavy atom. The minimum atomic E-state index is -0.377. The molecule has 1 heterocycles. The number of carbonyl (C=O) groups is 1. The highest BCUT2D eigenvalue weighted by Gasteiger charge is 2.14. The maximum atomic E-state index is 12.7. The monoisotopic (exact) mass is 486 g/mol. The van der Waals surface area contributed by atoms with Crippen molar-refractivity contribution in [3.63, 3.8) is 0 Å². The molecule has 8 heteroatoms. The number of halogens is 1. The van der Waals surface area contributed by atoms with Gasteiger partial charge in [-0.25, -0.2) is 0 Å². The molecule has 0 aliphatic heterocycles. The molecule has 0 atom stereocenters. The van der Waals surface area contributed by atoms with E-state index in [0.717, 1.165) is 18.5 Å². The Labute approximate surface area is 205 Å². The highest BCUT2D eigenvalue weighted by atomic mass is 35.5. The van der Waals surface area contributed by atoms with Crippen molar-refractivity contribution in [2.24, 2.45) is 0 Å². The molecular weight excluding hydrogens is 456 g/mol. The summed E-state index contributed by atoms with van der Waals surface area (Å²) in [6, 6.07) is 16.3. The molecule has 182 valence electrons. The zero-order valence-corrected chi connectivity index (χ0v) is 20.5. The van der Waals surface area contributed by atoms with Gasteiger partial charge in [-0.1, -0.05) is 25.4 Å². The van der Waals surface area contributed by atoms with Crippen LogP contribution in [0.4, 0.5) is 5.69 Å². The van der Waals surface area contributed by atoms with Crippen LogP contribution in [0.5, 0.6) is 11.5 Å². The number of ether oxygens (including phenoxy) is 3. The maximum absolute atomic E-state index is 12.7. The van der Waals surface area contributed by atoms with Crippen molar-refractivity contribution >= 4 is 23.2 Å². The Bertz CT molecular complexity index is 1050. The summed E-state index contributed by atoms with van der Waals surface area (Å²) in [7, 11) is 1.56. The van der Waals surface area contributed by atoms with Crippen LogP contribution in [0, 0.1) is 0 Å². The highest BCUT2D eigenvalue weighted by Crippen LogP contribution is 2.28. The summed E-state index contributed by atoms with van der Waals surface area (Å²) in [5.41, 5.74) is 1.36. The third kappa shape index (κ3) is 8.09. The van der Waals surface area contributed by atoms with Gasteiger partial charge >= 0.3 is 0 Å². The Kier molecular flexibility index (Phi) is 9.82. The summed E-state index contributed by atoms with van der Waals surface area (Å²) < 4.78 is 22.5. The van der Waals surface area contributed by atoms with Crippen LogP contribution in [0.1, 0.15) is 30.8 Å². The molecule has 2 N–H and O–H groups in total. The second-order valence-corrected chi connectivity index (χ2v) is 8.38. The van der Waals surface area contributed by atoms with Crippen molar-refractivity contribution in [1.29, 1.82) is 0 Å². The molecule has 0 spiro atoms. The predicted octanol–water partition coefficient (Wildman–Crippen LogP) is 5.64. The molecular formula is C26H31ClN2O5. The number of nitrogens with one attached hydrogen (secondary N) is 2. The van der Waals surface area contributed by atoms with Crippen molar-refractivity contribution in [3.8, 4) is 22.8 Å². The molecule has 0 unspecified atom stereocenters. The molecule has 1 aromatic heterocycles. The molecule has 3 aromatic rings. The van der Waals surface area contributed by atoms with Gasteiger partial charge in [0, 0.05) is 47.1 Å². The first-order chi connectivity index (χ1) is 16.4. The number of hydrogen-bond donors (Lipinski definition) is 2. The SMILES string of the molecule is COc1cc(NC(=O)c2ccc(-c3ccc(Cl)cc3)o2)cc(OCCOCCCNC(C)C)c1. The zero-order valence-electron chi connectivity index (χ0n) is 19.7. The number of anilines is 1. The Morgan fingerprint density at radius 1 is 1.00 bits per heavy atom. The van der Waals surface area contributed by atoms with Crippen molar-refractivity contribution in [3.05, 3.63) is 65.4 Å². The number of benzene rings is 2. The highest BCUT2D eigenvalue weighted by molar-refractivity contribution is 6.30. The lowest BCUT2D eigenvalue weighted by atomic mass is 10.2. The van der Waals surface area contributed by atoms with Gasteiger partial charge in [-0.15, -0.1) is 0 Å². The van der Waals surface area contributed by atoms with E-state index in [0.29, 0.717) is 53.8 Å². The molecule has 0 aliphatic rings. The standard InChI is InChI=1S/C26H31ClN2O5/c1-18(2)28-11-4-12-32-13-14-33-23-16-21(15-22(17-23)31-3)29-26(30)25-10-9-24(34-25)19-5-7-20(27)8-6-19/h5-10,15-18,28H,4,11-14H2,1-3H3,(H,29,30). The van der Waals surface area contributed by atoms with E-state index in [-0.39, 0.29) is 11.7 Å². The van der Waals surface area contributed by atoms with E-state index in [1.54, 1.807) is 49.6 Å². The van der Waals surface area contributed by atoms with Crippen LogP contribution in [-0.2, 0) is 4.74 Å². The van der Waals surface area contributed by atoms with Gasteiger partial charge in [-0.3, -0.25) is 4.79 Å². The first kappa shape index (κ1) is 25.6. The van der Waals surface area contributed by atoms with Gasteiger partial charge in [0.2, 0.25) is 0 Å². The molecule has 0 saturated carbocycles. The fourth-order valence-corrected chi connectivity index (χ4v) is 3.28. The summed E-state index contributed by atoms with van der Waals surface area (Å²) in [5, 5.41) is 6.81. The van der Waals surface area contributed by atoms with Gasteiger partial charge in [-0.2, -0.15) is 0 Å². The number of carbonyl (C=O) groups excluding carboxylic acids is 1. The van der Waals surface area contributed by atoms with E-state index < -0.39 is 0 Å². The molecule has 0 bridgehead atoms. The lowest BCUT2D eigenvalue weighted by Crippen LogP contribution is -2.24. The fraction of sp³-hybridized carbons (Fsp3) is 0.346. The van der Waals surface area contributed by atoms with Crippen LogP contribution in [0.25, 0.3) is 11.3 Å². The van der Waals surface area contributed by atoms with Crippen LogP contribution < -0.4 is 20.1 Å². The van der Waals surface area contributed by atoms with Crippen molar-refractivity contribution in [2.45, 2.75) is 26.3 Å². The number of hydrogen-bond acceptors (Lipinski definition) is 6. The number of methoxy groups -OCH3 is 1. The fourth-order valence-electron chi connectivity index (χ4n) is 3.15. The largest absolute Gasteiger partial charge is 0.497 e. The van der Waals surface area contributed by atoms with Crippen molar-refractivity contribution < 1.29 is 23.4 Å². The van der Waals surface area contributed by atoms with E-state index in [1.165, 1.54) is 0 Å². The van der Waals surface area contributed by atoms with Crippen LogP contribution in [-0.4, -0.2) is 45.4 Å². The minimum Gasteiger partial charge on any atom is -0.497 e. The normalized spacial score (nSPS) is 11.0. The lowest BCUT2D eigenvalue weighted by Gasteiger charge is -2.12. The molecule has 0 radical (unpaired) electrons. The van der Waals surface area contributed by atoms with Gasteiger partial charge in [0.1, 0.15) is 23.9 Å². The second kappa shape index (κ2) is 13.0. The Balaban J connectivity index is 1.53. The van der Waals surface area contributed by atoms with E-state index in [4.69, 9.17) is 30.2 Å². The Morgan fingerprint density at radius 3 is 2.50 bits per heavy atom. The van der Waals surface area contributed by atoms with E-state index in [2.05, 4.69) is 24.5 Å². The molecule has 0 saturated heterocycles. The van der Waals surface area contributed by atoms with Gasteiger partial charge in [0.25, 0.3) is 5.91 Å². The van der Waals surface area contributed by atoms with Gasteiger partial charge in [0.15, 0.2) is 5.76 Å². The van der Waals surface area contributed by atoms with Crippen molar-refractivity contribution in [2.75, 3.05) is 38.8 Å². The minimum absolute atomic E-state index is 0.190. The van der Waals surface area contributed by atoms with Crippen LogP contribution in [0.2, 0.25) is 5.02 Å². The van der Waals surface area contributed by atoms with E-state index >= 15 is 0 Å². The summed E-state index contributed by atoms with van der Waals surface area (Å²) >= 11 is 5.93. The third-order valence-corrected chi connectivity index (χ3v) is 5.10. The molecule has 0 fully saturated rings. The van der Waals surface area contributed by atoms with Gasteiger partial charge < -0.3 is 29.3 Å². The number of rotatable bonds is 13. The van der Waals surface area contributed by atoms with Crippen LogP contribution >= 0.6 is 11.6 Å². The molecule has 1 amide bonds. The van der Waals surface area contributed by atoms with E-state index in [1.807, 2.05) is 12.1 Å². The zero-order chi connectivity index (χ0) is 24.3. The summed E-state index contributed by atoms with van der Waals surface area (Å²) in [5.74, 6) is 1.53. The first-order valence-corrected chi connectivity index (χ1v) is 11.6. The molecule has 7 nitrogen and oxygen atoms in total. The molecule has 0 aliphatic carbocycles.